The predicted octanol–water partition coefficient (Wildman–Crippen LogP) is 0.620. The van der Waals surface area contributed by atoms with Crippen LogP contribution in [-0.4, -0.2) is 38.9 Å². The minimum absolute atomic E-state index is 0.0746. The first-order valence-corrected chi connectivity index (χ1v) is 7.29. The van der Waals surface area contributed by atoms with Gasteiger partial charge in [-0.05, 0) is 30.2 Å². The largest absolute Gasteiger partial charge is 0.416 e. The Bertz CT molecular complexity index is 616. The molecule has 0 saturated heterocycles. The van der Waals surface area contributed by atoms with E-state index in [1.807, 2.05) is 0 Å². The van der Waals surface area contributed by atoms with E-state index in [1.54, 1.807) is 0 Å². The van der Waals surface area contributed by atoms with E-state index in [0.29, 0.717) is 17.7 Å². The normalized spacial score (nSPS) is 17.1. The monoisotopic (exact) mass is 310 g/mol. The lowest BCUT2D eigenvalue weighted by Crippen LogP contribution is -2.40. The van der Waals surface area contributed by atoms with Crippen LogP contribution in [0.1, 0.15) is 5.56 Å². The highest BCUT2D eigenvalue weighted by molar-refractivity contribution is 7.89. The molecule has 1 unspecified atom stereocenters. The van der Waals surface area contributed by atoms with Crippen molar-refractivity contribution in [3.8, 4) is 0 Å². The van der Waals surface area contributed by atoms with Gasteiger partial charge >= 0.3 is 6.18 Å². The summed E-state index contributed by atoms with van der Waals surface area (Å²) >= 11 is 0. The standard InChI is InChI=1S/C11H13F3N2O3S/c12-11(13,14)10(17)6-16-4-3-7-5-8(20(15,18)19)1-2-9(7)16/h1-2,5,10,17H,3-4,6H2,(H2,15,18,19). The van der Waals surface area contributed by atoms with Gasteiger partial charge in [-0.2, -0.15) is 13.2 Å². The zero-order valence-corrected chi connectivity index (χ0v) is 11.1. The number of alkyl halides is 3. The summed E-state index contributed by atoms with van der Waals surface area (Å²) in [6.07, 6.45) is -6.71. The predicted molar refractivity (Wildman–Crippen MR) is 65.8 cm³/mol. The Morgan fingerprint density at radius 2 is 2.05 bits per heavy atom. The van der Waals surface area contributed by atoms with Crippen molar-refractivity contribution in [1.82, 2.24) is 0 Å². The fourth-order valence-electron chi connectivity index (χ4n) is 2.13. The molecule has 1 heterocycles. The van der Waals surface area contributed by atoms with E-state index in [1.165, 1.54) is 23.1 Å². The van der Waals surface area contributed by atoms with Gasteiger partial charge in [0.2, 0.25) is 10.0 Å². The summed E-state index contributed by atoms with van der Waals surface area (Å²) in [5.74, 6) is 0. The van der Waals surface area contributed by atoms with E-state index in [-0.39, 0.29) is 11.4 Å². The van der Waals surface area contributed by atoms with Crippen molar-refractivity contribution in [2.45, 2.75) is 23.6 Å². The summed E-state index contributed by atoms with van der Waals surface area (Å²) in [6.45, 7) is -0.290. The van der Waals surface area contributed by atoms with Crippen LogP contribution < -0.4 is 10.0 Å². The fourth-order valence-corrected chi connectivity index (χ4v) is 2.69. The summed E-state index contributed by atoms with van der Waals surface area (Å²) in [7, 11) is -3.84. The minimum atomic E-state index is -4.68. The minimum Gasteiger partial charge on any atom is -0.382 e. The fraction of sp³-hybridized carbons (Fsp3) is 0.455. The van der Waals surface area contributed by atoms with Gasteiger partial charge in [0.25, 0.3) is 0 Å². The second kappa shape index (κ2) is 4.90. The molecule has 1 aliphatic rings. The van der Waals surface area contributed by atoms with Crippen molar-refractivity contribution in [1.29, 1.82) is 0 Å². The van der Waals surface area contributed by atoms with Crippen LogP contribution in [0.5, 0.6) is 0 Å². The van der Waals surface area contributed by atoms with Crippen LogP contribution in [0.2, 0.25) is 0 Å². The number of fused-ring (bicyclic) bond motifs is 1. The molecule has 0 aliphatic carbocycles. The van der Waals surface area contributed by atoms with Crippen molar-refractivity contribution >= 4 is 15.7 Å². The van der Waals surface area contributed by atoms with Gasteiger partial charge in [0.15, 0.2) is 6.10 Å². The molecule has 9 heteroatoms. The Kier molecular flexibility index (Phi) is 3.69. The number of halogens is 3. The van der Waals surface area contributed by atoms with Crippen LogP contribution in [0, 0.1) is 0 Å². The van der Waals surface area contributed by atoms with Crippen molar-refractivity contribution < 1.29 is 26.7 Å². The lowest BCUT2D eigenvalue weighted by atomic mass is 10.2. The maximum Gasteiger partial charge on any atom is 0.416 e. The average Bonchev–Trinajstić information content (AvgIpc) is 2.69. The summed E-state index contributed by atoms with van der Waals surface area (Å²) in [4.78, 5) is 1.30. The highest BCUT2D eigenvalue weighted by Gasteiger charge is 2.40. The number of nitrogens with two attached hydrogens (primary N) is 1. The van der Waals surface area contributed by atoms with Crippen molar-refractivity contribution in [3.63, 3.8) is 0 Å². The molecule has 0 spiro atoms. The third-order valence-corrected chi connectivity index (χ3v) is 4.05. The van der Waals surface area contributed by atoms with E-state index < -0.39 is 28.8 Å². The molecular weight excluding hydrogens is 297 g/mol. The Morgan fingerprint density at radius 3 is 2.60 bits per heavy atom. The molecule has 20 heavy (non-hydrogen) atoms. The van der Waals surface area contributed by atoms with Gasteiger partial charge in [0, 0.05) is 12.2 Å². The summed E-state index contributed by atoms with van der Waals surface area (Å²) in [6, 6.07) is 4.00. The van der Waals surface area contributed by atoms with Gasteiger partial charge < -0.3 is 10.0 Å². The SMILES string of the molecule is NS(=O)(=O)c1ccc2c(c1)CCN2CC(O)C(F)(F)F. The zero-order chi connectivity index (χ0) is 15.1. The van der Waals surface area contributed by atoms with Gasteiger partial charge in [0.1, 0.15) is 0 Å². The Hall–Kier alpha value is -1.32. The second-order valence-electron chi connectivity index (χ2n) is 4.59. The first-order chi connectivity index (χ1) is 9.09. The number of aliphatic hydroxyl groups excluding tert-OH is 1. The number of rotatable bonds is 3. The Labute approximate surface area is 113 Å². The van der Waals surface area contributed by atoms with E-state index in [0.717, 1.165) is 0 Å². The van der Waals surface area contributed by atoms with Crippen molar-refractivity contribution in [2.75, 3.05) is 18.0 Å². The number of aliphatic hydroxyl groups is 1. The van der Waals surface area contributed by atoms with Gasteiger partial charge in [-0.3, -0.25) is 0 Å². The average molecular weight is 310 g/mol. The maximum absolute atomic E-state index is 12.3. The molecule has 0 amide bonds. The number of primary sulfonamides is 1. The highest BCUT2D eigenvalue weighted by atomic mass is 32.2. The summed E-state index contributed by atoms with van der Waals surface area (Å²) in [5.41, 5.74) is 1.09. The van der Waals surface area contributed by atoms with Crippen LogP contribution >= 0.6 is 0 Å². The van der Waals surface area contributed by atoms with E-state index in [2.05, 4.69) is 0 Å². The van der Waals surface area contributed by atoms with Gasteiger partial charge in [-0.25, -0.2) is 13.6 Å². The third-order valence-electron chi connectivity index (χ3n) is 3.14. The van der Waals surface area contributed by atoms with Gasteiger partial charge in [-0.1, -0.05) is 0 Å². The molecule has 1 aromatic carbocycles. The number of anilines is 1. The zero-order valence-electron chi connectivity index (χ0n) is 10.3. The van der Waals surface area contributed by atoms with Crippen LogP contribution in [-0.2, 0) is 16.4 Å². The maximum atomic E-state index is 12.3. The smallest absolute Gasteiger partial charge is 0.382 e. The first kappa shape index (κ1) is 15.1. The molecule has 0 saturated carbocycles. The number of benzene rings is 1. The summed E-state index contributed by atoms with van der Waals surface area (Å²) < 4.78 is 59.4. The summed E-state index contributed by atoms with van der Waals surface area (Å²) in [5, 5.41) is 14.1. The molecule has 1 aliphatic heterocycles. The first-order valence-electron chi connectivity index (χ1n) is 5.74. The number of hydrogen-bond acceptors (Lipinski definition) is 4. The molecule has 3 N–H and O–H groups in total. The molecule has 0 fully saturated rings. The second-order valence-corrected chi connectivity index (χ2v) is 6.15. The highest BCUT2D eigenvalue weighted by Crippen LogP contribution is 2.31. The Morgan fingerprint density at radius 1 is 1.40 bits per heavy atom. The van der Waals surface area contributed by atoms with Crippen molar-refractivity contribution in [2.24, 2.45) is 5.14 Å². The molecule has 112 valence electrons. The molecule has 5 nitrogen and oxygen atoms in total. The molecule has 0 bridgehead atoms. The third kappa shape index (κ3) is 3.05. The van der Waals surface area contributed by atoms with E-state index in [9.17, 15) is 21.6 Å². The van der Waals surface area contributed by atoms with E-state index in [4.69, 9.17) is 10.2 Å². The van der Waals surface area contributed by atoms with Crippen molar-refractivity contribution in [3.05, 3.63) is 23.8 Å². The Balaban J connectivity index is 2.22. The topological polar surface area (TPSA) is 83.6 Å². The molecule has 2 rings (SSSR count). The quantitative estimate of drug-likeness (QED) is 0.857. The molecular formula is C11H13F3N2O3S. The molecule has 0 aromatic heterocycles. The van der Waals surface area contributed by atoms with Gasteiger partial charge in [-0.15, -0.1) is 0 Å². The molecule has 1 atom stereocenters. The lowest BCUT2D eigenvalue weighted by Gasteiger charge is -2.24. The van der Waals surface area contributed by atoms with Gasteiger partial charge in [0.05, 0.1) is 11.4 Å². The van der Waals surface area contributed by atoms with Crippen LogP contribution in [0.3, 0.4) is 0 Å². The molecule has 1 aromatic rings. The number of β-amino-alcohol motifs (C(OH)–C–C–N with tert-alkyl or cyclic N) is 1. The van der Waals surface area contributed by atoms with Crippen LogP contribution in [0.15, 0.2) is 23.1 Å². The number of hydrogen-bond donors (Lipinski definition) is 2. The lowest BCUT2D eigenvalue weighted by molar-refractivity contribution is -0.200. The number of nitrogens with zero attached hydrogens (tertiary/aromatic N) is 1. The van der Waals surface area contributed by atoms with Crippen LogP contribution in [0.25, 0.3) is 0 Å². The molecule has 0 radical (unpaired) electrons. The number of sulfonamides is 1. The van der Waals surface area contributed by atoms with Crippen LogP contribution in [0.4, 0.5) is 18.9 Å². The van der Waals surface area contributed by atoms with E-state index >= 15 is 0 Å².